The van der Waals surface area contributed by atoms with Gasteiger partial charge in [0.2, 0.25) is 5.91 Å². The molecule has 132 valence electrons. The molecular weight excluding hydrogens is 336 g/mol. The molecular formula is C19H23ClN4O. The Morgan fingerprint density at radius 1 is 1.04 bits per heavy atom. The van der Waals surface area contributed by atoms with Crippen molar-refractivity contribution in [3.8, 4) is 0 Å². The van der Waals surface area contributed by atoms with Crippen LogP contribution in [0.1, 0.15) is 5.56 Å². The fourth-order valence-corrected chi connectivity index (χ4v) is 3.17. The number of amides is 1. The second-order valence-corrected chi connectivity index (χ2v) is 6.75. The van der Waals surface area contributed by atoms with Gasteiger partial charge >= 0.3 is 0 Å². The molecule has 0 radical (unpaired) electrons. The van der Waals surface area contributed by atoms with E-state index in [-0.39, 0.29) is 5.91 Å². The number of hydrogen-bond acceptors (Lipinski definition) is 4. The molecule has 0 unspecified atom stereocenters. The minimum absolute atomic E-state index is 0.0504. The number of carbonyl (C=O) groups is 1. The molecule has 0 atom stereocenters. The van der Waals surface area contributed by atoms with Gasteiger partial charge in [0, 0.05) is 37.7 Å². The number of hydrogen-bond donors (Lipinski definition) is 2. The molecule has 6 heteroatoms. The van der Waals surface area contributed by atoms with Crippen LogP contribution in [0.25, 0.3) is 0 Å². The van der Waals surface area contributed by atoms with Crippen LogP contribution in [0, 0.1) is 0 Å². The highest BCUT2D eigenvalue weighted by Crippen LogP contribution is 2.22. The maximum absolute atomic E-state index is 12.2. The van der Waals surface area contributed by atoms with Crippen LogP contribution in [0.4, 0.5) is 11.4 Å². The van der Waals surface area contributed by atoms with Crippen molar-refractivity contribution >= 4 is 28.9 Å². The van der Waals surface area contributed by atoms with Gasteiger partial charge in [0.25, 0.3) is 0 Å². The van der Waals surface area contributed by atoms with Crippen molar-refractivity contribution in [2.45, 2.75) is 6.54 Å². The summed E-state index contributed by atoms with van der Waals surface area (Å²) in [5.41, 5.74) is 8.29. The Morgan fingerprint density at radius 2 is 1.72 bits per heavy atom. The van der Waals surface area contributed by atoms with E-state index in [2.05, 4.69) is 39.4 Å². The Hall–Kier alpha value is -2.08. The molecule has 3 N–H and O–H groups in total. The average Bonchev–Trinajstić information content (AvgIpc) is 2.60. The van der Waals surface area contributed by atoms with E-state index in [1.165, 1.54) is 5.56 Å². The first-order valence-corrected chi connectivity index (χ1v) is 8.81. The van der Waals surface area contributed by atoms with Crippen molar-refractivity contribution < 1.29 is 4.79 Å². The number of anilines is 2. The van der Waals surface area contributed by atoms with E-state index in [0.29, 0.717) is 22.9 Å². The van der Waals surface area contributed by atoms with Crippen LogP contribution >= 0.6 is 11.6 Å². The Kier molecular flexibility index (Phi) is 5.91. The molecule has 1 aliphatic rings. The van der Waals surface area contributed by atoms with Gasteiger partial charge in [0.1, 0.15) is 0 Å². The monoisotopic (exact) mass is 358 g/mol. The first kappa shape index (κ1) is 17.7. The highest BCUT2D eigenvalue weighted by Gasteiger charge is 2.19. The van der Waals surface area contributed by atoms with Gasteiger partial charge in [-0.3, -0.25) is 14.6 Å². The molecule has 2 aromatic rings. The lowest BCUT2D eigenvalue weighted by molar-refractivity contribution is -0.117. The quantitative estimate of drug-likeness (QED) is 0.807. The van der Waals surface area contributed by atoms with Gasteiger partial charge in [-0.2, -0.15) is 0 Å². The standard InChI is InChI=1S/C19H23ClN4O/c20-16-6-7-18(17(21)12-16)22-19(25)14-24-10-8-23(9-11-24)13-15-4-2-1-3-5-15/h1-7,12H,8-11,13-14,21H2,(H,22,25). The van der Waals surface area contributed by atoms with Gasteiger partial charge in [0.15, 0.2) is 0 Å². The van der Waals surface area contributed by atoms with Gasteiger partial charge in [-0.05, 0) is 23.8 Å². The minimum Gasteiger partial charge on any atom is -0.397 e. The molecule has 0 aliphatic carbocycles. The molecule has 25 heavy (non-hydrogen) atoms. The van der Waals surface area contributed by atoms with Crippen LogP contribution in [-0.2, 0) is 11.3 Å². The van der Waals surface area contributed by atoms with Crippen LogP contribution in [0.2, 0.25) is 5.02 Å². The van der Waals surface area contributed by atoms with Gasteiger partial charge in [-0.25, -0.2) is 0 Å². The number of nitrogens with zero attached hydrogens (tertiary/aromatic N) is 2. The fourth-order valence-electron chi connectivity index (χ4n) is 2.99. The van der Waals surface area contributed by atoms with E-state index in [1.807, 2.05) is 6.07 Å². The Bertz CT molecular complexity index is 715. The number of carbonyl (C=O) groups excluding carboxylic acids is 1. The van der Waals surface area contributed by atoms with E-state index < -0.39 is 0 Å². The largest absolute Gasteiger partial charge is 0.397 e. The molecule has 5 nitrogen and oxygen atoms in total. The van der Waals surface area contributed by atoms with Crippen LogP contribution in [-0.4, -0.2) is 48.4 Å². The third-order valence-corrected chi connectivity index (χ3v) is 4.60. The first-order chi connectivity index (χ1) is 12.1. The molecule has 1 amide bonds. The Balaban J connectivity index is 1.44. The van der Waals surface area contributed by atoms with E-state index in [4.69, 9.17) is 17.3 Å². The van der Waals surface area contributed by atoms with Crippen molar-refractivity contribution in [1.29, 1.82) is 0 Å². The van der Waals surface area contributed by atoms with E-state index in [9.17, 15) is 4.79 Å². The van der Waals surface area contributed by atoms with Crippen LogP contribution in [0.3, 0.4) is 0 Å². The highest BCUT2D eigenvalue weighted by atomic mass is 35.5. The molecule has 1 saturated heterocycles. The Labute approximate surface area is 153 Å². The number of halogens is 1. The molecule has 1 aliphatic heterocycles. The minimum atomic E-state index is -0.0504. The lowest BCUT2D eigenvalue weighted by atomic mass is 10.2. The molecule has 2 aromatic carbocycles. The van der Waals surface area contributed by atoms with Crippen molar-refractivity contribution in [2.24, 2.45) is 0 Å². The van der Waals surface area contributed by atoms with E-state index in [0.717, 1.165) is 32.7 Å². The van der Waals surface area contributed by atoms with Crippen molar-refractivity contribution in [3.63, 3.8) is 0 Å². The second kappa shape index (κ2) is 8.34. The molecule has 1 fully saturated rings. The predicted octanol–water partition coefficient (Wildman–Crippen LogP) is 2.68. The third-order valence-electron chi connectivity index (χ3n) is 4.37. The third kappa shape index (κ3) is 5.19. The summed E-state index contributed by atoms with van der Waals surface area (Å²) in [6, 6.07) is 15.6. The van der Waals surface area contributed by atoms with Gasteiger partial charge in [0.05, 0.1) is 17.9 Å². The van der Waals surface area contributed by atoms with Crippen molar-refractivity contribution in [2.75, 3.05) is 43.8 Å². The van der Waals surface area contributed by atoms with Crippen molar-refractivity contribution in [1.82, 2.24) is 9.80 Å². The lowest BCUT2D eigenvalue weighted by Crippen LogP contribution is -2.48. The SMILES string of the molecule is Nc1cc(Cl)ccc1NC(=O)CN1CCN(Cc2ccccc2)CC1. The number of nitrogens with two attached hydrogens (primary N) is 1. The molecule has 1 heterocycles. The summed E-state index contributed by atoms with van der Waals surface area (Å²) in [5.74, 6) is -0.0504. The summed E-state index contributed by atoms with van der Waals surface area (Å²) < 4.78 is 0. The Morgan fingerprint density at radius 3 is 2.40 bits per heavy atom. The van der Waals surface area contributed by atoms with E-state index in [1.54, 1.807) is 18.2 Å². The molecule has 3 rings (SSSR count). The summed E-state index contributed by atoms with van der Waals surface area (Å²) in [6.07, 6.45) is 0. The summed E-state index contributed by atoms with van der Waals surface area (Å²) in [6.45, 7) is 5.03. The van der Waals surface area contributed by atoms with Crippen LogP contribution in [0.15, 0.2) is 48.5 Å². The maximum atomic E-state index is 12.2. The molecule has 0 aromatic heterocycles. The average molecular weight is 359 g/mol. The zero-order valence-corrected chi connectivity index (χ0v) is 14.9. The zero-order chi connectivity index (χ0) is 17.6. The van der Waals surface area contributed by atoms with E-state index >= 15 is 0 Å². The summed E-state index contributed by atoms with van der Waals surface area (Å²) >= 11 is 5.88. The second-order valence-electron chi connectivity index (χ2n) is 6.32. The number of piperazine rings is 1. The normalized spacial score (nSPS) is 15.9. The van der Waals surface area contributed by atoms with Crippen LogP contribution in [0.5, 0.6) is 0 Å². The van der Waals surface area contributed by atoms with Gasteiger partial charge in [-0.15, -0.1) is 0 Å². The highest BCUT2D eigenvalue weighted by molar-refractivity contribution is 6.31. The van der Waals surface area contributed by atoms with Crippen LogP contribution < -0.4 is 11.1 Å². The molecule has 0 bridgehead atoms. The first-order valence-electron chi connectivity index (χ1n) is 8.43. The zero-order valence-electron chi connectivity index (χ0n) is 14.1. The summed E-state index contributed by atoms with van der Waals surface area (Å²) in [5, 5.41) is 3.42. The summed E-state index contributed by atoms with van der Waals surface area (Å²) in [7, 11) is 0. The lowest BCUT2D eigenvalue weighted by Gasteiger charge is -2.34. The number of benzene rings is 2. The van der Waals surface area contributed by atoms with Gasteiger partial charge < -0.3 is 11.1 Å². The number of rotatable bonds is 5. The molecule has 0 spiro atoms. The topological polar surface area (TPSA) is 61.6 Å². The predicted molar refractivity (Wildman–Crippen MR) is 103 cm³/mol. The maximum Gasteiger partial charge on any atom is 0.238 e. The smallest absolute Gasteiger partial charge is 0.238 e. The number of nitrogen functional groups attached to an aromatic ring is 1. The van der Waals surface area contributed by atoms with Gasteiger partial charge in [-0.1, -0.05) is 41.9 Å². The molecule has 0 saturated carbocycles. The number of nitrogens with one attached hydrogen (secondary N) is 1. The summed E-state index contributed by atoms with van der Waals surface area (Å²) in [4.78, 5) is 16.8. The fraction of sp³-hybridized carbons (Fsp3) is 0.316. The van der Waals surface area contributed by atoms with Crippen molar-refractivity contribution in [3.05, 3.63) is 59.1 Å².